The van der Waals surface area contributed by atoms with Crippen LogP contribution in [0.4, 0.5) is 19.0 Å². The van der Waals surface area contributed by atoms with Gasteiger partial charge in [0.25, 0.3) is 0 Å². The van der Waals surface area contributed by atoms with Crippen LogP contribution in [0.25, 0.3) is 11.6 Å². The number of hydrogen-bond donors (Lipinski definition) is 1. The molecule has 144 valence electrons. The van der Waals surface area contributed by atoms with Gasteiger partial charge in [0.1, 0.15) is 5.82 Å². The summed E-state index contributed by atoms with van der Waals surface area (Å²) in [5.41, 5.74) is 4.31. The first-order valence-electron chi connectivity index (χ1n) is 8.93. The van der Waals surface area contributed by atoms with Crippen LogP contribution >= 0.6 is 0 Å². The van der Waals surface area contributed by atoms with Crippen LogP contribution in [0.3, 0.4) is 0 Å². The van der Waals surface area contributed by atoms with Crippen LogP contribution in [0.1, 0.15) is 27.8 Å². The lowest BCUT2D eigenvalue weighted by Crippen LogP contribution is -2.13. The van der Waals surface area contributed by atoms with E-state index in [0.29, 0.717) is 0 Å². The van der Waals surface area contributed by atoms with E-state index >= 15 is 0 Å². The highest BCUT2D eigenvalue weighted by atomic mass is 19.4. The smallest absolute Gasteiger partial charge is 0.365 e. The summed E-state index contributed by atoms with van der Waals surface area (Å²) in [4.78, 5) is 3.89. The van der Waals surface area contributed by atoms with E-state index in [9.17, 15) is 13.2 Å². The normalized spacial score (nSPS) is 12.1. The van der Waals surface area contributed by atoms with Crippen LogP contribution in [0.15, 0.2) is 66.9 Å². The van der Waals surface area contributed by atoms with E-state index < -0.39 is 11.7 Å². The topological polar surface area (TPSA) is 24.9 Å². The van der Waals surface area contributed by atoms with E-state index in [2.05, 4.69) is 10.3 Å². The number of nitrogens with zero attached hydrogens (tertiary/aromatic N) is 1. The summed E-state index contributed by atoms with van der Waals surface area (Å²) in [6.45, 7) is 4.22. The van der Waals surface area contributed by atoms with Gasteiger partial charge in [-0.05, 0) is 48.8 Å². The summed E-state index contributed by atoms with van der Waals surface area (Å²) in [7, 11) is 0. The van der Waals surface area contributed by atoms with Crippen LogP contribution in [-0.2, 0) is 6.18 Å². The third-order valence-electron chi connectivity index (χ3n) is 4.40. The molecule has 28 heavy (non-hydrogen) atoms. The molecular weight excluding hydrogens is 361 g/mol. The first-order chi connectivity index (χ1) is 13.3. The molecule has 3 aromatic rings. The minimum atomic E-state index is -4.46. The van der Waals surface area contributed by atoms with Gasteiger partial charge in [-0.25, -0.2) is 4.98 Å². The highest BCUT2D eigenvalue weighted by Crippen LogP contribution is 2.33. The van der Waals surface area contributed by atoms with Crippen molar-refractivity contribution in [3.8, 4) is 0 Å². The van der Waals surface area contributed by atoms with Crippen molar-refractivity contribution < 1.29 is 13.2 Å². The molecule has 2 nitrogen and oxygen atoms in total. The predicted molar refractivity (Wildman–Crippen MR) is 108 cm³/mol. The first-order valence-corrected chi connectivity index (χ1v) is 8.93. The highest BCUT2D eigenvalue weighted by molar-refractivity contribution is 5.83. The zero-order chi connectivity index (χ0) is 20.1. The van der Waals surface area contributed by atoms with Crippen LogP contribution in [-0.4, -0.2) is 11.5 Å². The van der Waals surface area contributed by atoms with Gasteiger partial charge in [0.2, 0.25) is 0 Å². The first kappa shape index (κ1) is 19.7. The van der Waals surface area contributed by atoms with Crippen molar-refractivity contribution in [1.82, 2.24) is 4.98 Å². The Hall–Kier alpha value is -3.08. The van der Waals surface area contributed by atoms with Crippen molar-refractivity contribution in [2.75, 3.05) is 11.9 Å². The summed E-state index contributed by atoms with van der Waals surface area (Å²) >= 11 is 0. The fourth-order valence-electron chi connectivity index (χ4n) is 2.82. The van der Waals surface area contributed by atoms with E-state index in [0.717, 1.165) is 33.9 Å². The fourth-order valence-corrected chi connectivity index (χ4v) is 2.82. The second-order valence-electron chi connectivity index (χ2n) is 6.70. The second kappa shape index (κ2) is 8.30. The molecule has 0 radical (unpaired) electrons. The standard InChI is InChI=1S/C23H21F3N2/c1-16-5-9-18(10-6-16)14-20(19-11-7-17(2)8-12-19)15-28-22-21(23(24,25)26)4-3-13-27-22/h3-14H,15H2,1-2H3,(H,27,28)/b20-14-. The van der Waals surface area contributed by atoms with Crippen LogP contribution < -0.4 is 5.32 Å². The number of halogens is 3. The molecule has 0 spiro atoms. The number of hydrogen-bond acceptors (Lipinski definition) is 2. The summed E-state index contributed by atoms with van der Waals surface area (Å²) in [6, 6.07) is 18.2. The van der Waals surface area contributed by atoms with Crippen LogP contribution in [0.5, 0.6) is 0 Å². The Bertz CT molecular complexity index is 956. The maximum Gasteiger partial charge on any atom is 0.419 e. The number of aromatic nitrogens is 1. The molecule has 0 saturated carbocycles. The van der Waals surface area contributed by atoms with E-state index in [1.807, 2.05) is 68.5 Å². The van der Waals surface area contributed by atoms with Crippen molar-refractivity contribution >= 4 is 17.5 Å². The number of alkyl halides is 3. The Balaban J connectivity index is 1.92. The molecular formula is C23H21F3N2. The van der Waals surface area contributed by atoms with Gasteiger partial charge in [0, 0.05) is 12.7 Å². The molecule has 1 aromatic heterocycles. The summed E-state index contributed by atoms with van der Waals surface area (Å²) in [6.07, 6.45) is -1.12. The predicted octanol–water partition coefficient (Wildman–Crippen LogP) is 6.37. The number of rotatable bonds is 5. The van der Waals surface area contributed by atoms with E-state index in [-0.39, 0.29) is 12.4 Å². The lowest BCUT2D eigenvalue weighted by atomic mass is 10.0. The van der Waals surface area contributed by atoms with Crippen molar-refractivity contribution in [3.05, 3.63) is 94.7 Å². The maximum atomic E-state index is 13.2. The third kappa shape index (κ3) is 5.00. The quantitative estimate of drug-likeness (QED) is 0.519. The van der Waals surface area contributed by atoms with Gasteiger partial charge in [-0.2, -0.15) is 13.2 Å². The van der Waals surface area contributed by atoms with Crippen LogP contribution in [0, 0.1) is 13.8 Å². The number of benzene rings is 2. The summed E-state index contributed by atoms with van der Waals surface area (Å²) in [5.74, 6) is -0.170. The Kier molecular flexibility index (Phi) is 5.83. The number of aryl methyl sites for hydroxylation is 2. The molecule has 0 unspecified atom stereocenters. The molecule has 0 aliphatic heterocycles. The summed E-state index contributed by atoms with van der Waals surface area (Å²) < 4.78 is 39.7. The van der Waals surface area contributed by atoms with Crippen molar-refractivity contribution in [2.45, 2.75) is 20.0 Å². The largest absolute Gasteiger partial charge is 0.419 e. The van der Waals surface area contributed by atoms with Gasteiger partial charge in [-0.1, -0.05) is 59.7 Å². The van der Waals surface area contributed by atoms with Gasteiger partial charge in [-0.15, -0.1) is 0 Å². The summed E-state index contributed by atoms with van der Waals surface area (Å²) in [5, 5.41) is 2.87. The highest BCUT2D eigenvalue weighted by Gasteiger charge is 2.34. The lowest BCUT2D eigenvalue weighted by molar-refractivity contribution is -0.137. The van der Waals surface area contributed by atoms with Crippen molar-refractivity contribution in [3.63, 3.8) is 0 Å². The Morgan fingerprint density at radius 3 is 2.14 bits per heavy atom. The number of anilines is 1. The van der Waals surface area contributed by atoms with Crippen LogP contribution in [0.2, 0.25) is 0 Å². The molecule has 0 amide bonds. The lowest BCUT2D eigenvalue weighted by Gasteiger charge is -2.15. The third-order valence-corrected chi connectivity index (χ3v) is 4.40. The molecule has 2 aromatic carbocycles. The minimum Gasteiger partial charge on any atom is -0.365 e. The zero-order valence-corrected chi connectivity index (χ0v) is 15.7. The second-order valence-corrected chi connectivity index (χ2v) is 6.70. The molecule has 3 rings (SSSR count). The number of pyridine rings is 1. The van der Waals surface area contributed by atoms with Gasteiger partial charge in [0.05, 0.1) is 5.56 Å². The molecule has 0 fully saturated rings. The fraction of sp³-hybridized carbons (Fsp3) is 0.174. The molecule has 0 bridgehead atoms. The van der Waals surface area contributed by atoms with Gasteiger partial charge in [0.15, 0.2) is 0 Å². The maximum absolute atomic E-state index is 13.2. The van der Waals surface area contributed by atoms with Gasteiger partial charge in [-0.3, -0.25) is 0 Å². The molecule has 5 heteroatoms. The minimum absolute atomic E-state index is 0.170. The monoisotopic (exact) mass is 382 g/mol. The molecule has 0 atom stereocenters. The molecule has 0 aliphatic rings. The van der Waals surface area contributed by atoms with E-state index in [4.69, 9.17) is 0 Å². The average molecular weight is 382 g/mol. The number of nitrogens with one attached hydrogen (secondary N) is 1. The van der Waals surface area contributed by atoms with Crippen molar-refractivity contribution in [1.29, 1.82) is 0 Å². The van der Waals surface area contributed by atoms with Gasteiger partial charge < -0.3 is 5.32 Å². The molecule has 0 saturated heterocycles. The zero-order valence-electron chi connectivity index (χ0n) is 15.7. The SMILES string of the molecule is Cc1ccc(/C=C(/CNc2ncccc2C(F)(F)F)c2ccc(C)cc2)cc1. The Morgan fingerprint density at radius 1 is 0.929 bits per heavy atom. The Labute approximate surface area is 162 Å². The van der Waals surface area contributed by atoms with E-state index in [1.165, 1.54) is 12.3 Å². The molecule has 1 N–H and O–H groups in total. The van der Waals surface area contributed by atoms with E-state index in [1.54, 1.807) is 0 Å². The van der Waals surface area contributed by atoms with Crippen molar-refractivity contribution in [2.24, 2.45) is 0 Å². The Morgan fingerprint density at radius 2 is 1.54 bits per heavy atom. The van der Waals surface area contributed by atoms with Gasteiger partial charge >= 0.3 is 6.18 Å². The molecule has 0 aliphatic carbocycles. The average Bonchev–Trinajstić information content (AvgIpc) is 2.67. The molecule has 1 heterocycles.